The standard InChI is InChI=1S/C9H7N3O4/c1-16-9(13)5-2-6-8(11-3-5)7(4-10-6)12(14)15/h2-4,10H,1H3. The second kappa shape index (κ2) is 3.61. The monoisotopic (exact) mass is 221 g/mol. The average Bonchev–Trinajstić information content (AvgIpc) is 2.70. The van der Waals surface area contributed by atoms with E-state index in [4.69, 9.17) is 0 Å². The van der Waals surface area contributed by atoms with Gasteiger partial charge in [-0.25, -0.2) is 9.78 Å². The summed E-state index contributed by atoms with van der Waals surface area (Å²) in [6.07, 6.45) is 2.48. The molecule has 0 aliphatic carbocycles. The van der Waals surface area contributed by atoms with Crippen molar-refractivity contribution in [1.29, 1.82) is 0 Å². The molecule has 2 aromatic rings. The van der Waals surface area contributed by atoms with Crippen LogP contribution in [0.2, 0.25) is 0 Å². The molecule has 1 N–H and O–H groups in total. The summed E-state index contributed by atoms with van der Waals surface area (Å²) in [5.41, 5.74) is 0.769. The molecule has 0 amide bonds. The van der Waals surface area contributed by atoms with Crippen LogP contribution in [0.15, 0.2) is 18.5 Å². The Balaban J connectivity index is 2.57. The molecule has 7 heteroatoms. The molecule has 0 bridgehead atoms. The highest BCUT2D eigenvalue weighted by molar-refractivity contribution is 5.94. The zero-order valence-electron chi connectivity index (χ0n) is 8.26. The zero-order chi connectivity index (χ0) is 11.7. The van der Waals surface area contributed by atoms with E-state index in [1.54, 1.807) is 0 Å². The number of rotatable bonds is 2. The summed E-state index contributed by atoms with van der Waals surface area (Å²) in [7, 11) is 1.25. The summed E-state index contributed by atoms with van der Waals surface area (Å²) in [5.74, 6) is -0.536. The van der Waals surface area contributed by atoms with Crippen LogP contribution in [0, 0.1) is 10.1 Å². The number of aromatic nitrogens is 2. The quantitative estimate of drug-likeness (QED) is 0.467. The van der Waals surface area contributed by atoms with E-state index in [2.05, 4.69) is 14.7 Å². The Labute approximate surface area is 89.2 Å². The number of hydrogen-bond donors (Lipinski definition) is 1. The van der Waals surface area contributed by atoms with Gasteiger partial charge in [0.05, 0.1) is 29.3 Å². The molecule has 16 heavy (non-hydrogen) atoms. The predicted octanol–water partition coefficient (Wildman–Crippen LogP) is 1.26. The number of nitrogens with zero attached hydrogens (tertiary/aromatic N) is 2. The Kier molecular flexibility index (Phi) is 2.28. The molecular formula is C9H7N3O4. The number of nitro groups is 1. The van der Waals surface area contributed by atoms with Gasteiger partial charge in [0, 0.05) is 6.20 Å². The van der Waals surface area contributed by atoms with Crippen molar-refractivity contribution in [2.75, 3.05) is 7.11 Å². The lowest BCUT2D eigenvalue weighted by molar-refractivity contribution is -0.383. The van der Waals surface area contributed by atoms with Gasteiger partial charge in [0.1, 0.15) is 0 Å². The Morgan fingerprint density at radius 3 is 3.00 bits per heavy atom. The fourth-order valence-corrected chi connectivity index (χ4v) is 1.36. The predicted molar refractivity (Wildman–Crippen MR) is 54.1 cm³/mol. The van der Waals surface area contributed by atoms with Gasteiger partial charge in [-0.2, -0.15) is 0 Å². The molecule has 82 valence electrons. The van der Waals surface area contributed by atoms with Crippen molar-refractivity contribution in [2.45, 2.75) is 0 Å². The topological polar surface area (TPSA) is 98.1 Å². The summed E-state index contributed by atoms with van der Waals surface area (Å²) < 4.78 is 4.51. The molecule has 0 atom stereocenters. The van der Waals surface area contributed by atoms with Crippen molar-refractivity contribution in [2.24, 2.45) is 0 Å². The first-order chi connectivity index (χ1) is 7.63. The fourth-order valence-electron chi connectivity index (χ4n) is 1.36. The van der Waals surface area contributed by atoms with Crippen LogP contribution >= 0.6 is 0 Å². The molecule has 2 heterocycles. The molecule has 0 saturated heterocycles. The van der Waals surface area contributed by atoms with Crippen LogP contribution < -0.4 is 0 Å². The molecule has 0 aromatic carbocycles. The van der Waals surface area contributed by atoms with E-state index < -0.39 is 10.9 Å². The normalized spacial score (nSPS) is 10.3. The lowest BCUT2D eigenvalue weighted by Gasteiger charge is -1.97. The van der Waals surface area contributed by atoms with E-state index in [-0.39, 0.29) is 16.8 Å². The molecule has 0 aliphatic rings. The third-order valence-corrected chi connectivity index (χ3v) is 2.11. The van der Waals surface area contributed by atoms with Crippen molar-refractivity contribution < 1.29 is 14.5 Å². The molecule has 0 unspecified atom stereocenters. The number of fused-ring (bicyclic) bond motifs is 1. The molecule has 0 saturated carbocycles. The number of carbonyl (C=O) groups is 1. The highest BCUT2D eigenvalue weighted by Gasteiger charge is 2.16. The Morgan fingerprint density at radius 1 is 1.62 bits per heavy atom. The largest absolute Gasteiger partial charge is 0.465 e. The number of esters is 1. The minimum atomic E-state index is -0.538. The molecular weight excluding hydrogens is 214 g/mol. The first-order valence-electron chi connectivity index (χ1n) is 4.33. The molecule has 0 aliphatic heterocycles. The van der Waals surface area contributed by atoms with Gasteiger partial charge in [-0.05, 0) is 6.07 Å². The number of hydrogen-bond acceptors (Lipinski definition) is 5. The highest BCUT2D eigenvalue weighted by Crippen LogP contribution is 2.23. The molecule has 0 radical (unpaired) electrons. The minimum Gasteiger partial charge on any atom is -0.465 e. The number of pyridine rings is 1. The highest BCUT2D eigenvalue weighted by atomic mass is 16.6. The van der Waals surface area contributed by atoms with Crippen molar-refractivity contribution in [3.8, 4) is 0 Å². The Bertz CT molecular complexity index is 575. The van der Waals surface area contributed by atoms with Gasteiger partial charge in [0.2, 0.25) is 0 Å². The van der Waals surface area contributed by atoms with Gasteiger partial charge in [0.25, 0.3) is 0 Å². The van der Waals surface area contributed by atoms with Crippen LogP contribution in [0.1, 0.15) is 10.4 Å². The summed E-state index contributed by atoms with van der Waals surface area (Å²) >= 11 is 0. The van der Waals surface area contributed by atoms with Crippen molar-refractivity contribution in [1.82, 2.24) is 9.97 Å². The van der Waals surface area contributed by atoms with Gasteiger partial charge in [-0.1, -0.05) is 0 Å². The third-order valence-electron chi connectivity index (χ3n) is 2.11. The Morgan fingerprint density at radius 2 is 2.38 bits per heavy atom. The van der Waals surface area contributed by atoms with Gasteiger partial charge in [0.15, 0.2) is 5.52 Å². The number of carbonyl (C=O) groups excluding carboxylic acids is 1. The first-order valence-corrected chi connectivity index (χ1v) is 4.33. The molecule has 7 nitrogen and oxygen atoms in total. The van der Waals surface area contributed by atoms with Crippen molar-refractivity contribution in [3.63, 3.8) is 0 Å². The molecule has 0 spiro atoms. The summed E-state index contributed by atoms with van der Waals surface area (Å²) in [6.45, 7) is 0. The third kappa shape index (κ3) is 1.48. The molecule has 2 aromatic heterocycles. The van der Waals surface area contributed by atoms with Crippen LogP contribution in [-0.4, -0.2) is 28.0 Å². The van der Waals surface area contributed by atoms with Crippen LogP contribution in [0.4, 0.5) is 5.69 Å². The molecule has 0 fully saturated rings. The van der Waals surface area contributed by atoms with E-state index in [1.165, 1.54) is 25.6 Å². The second-order valence-electron chi connectivity index (χ2n) is 3.04. The average molecular weight is 221 g/mol. The van der Waals surface area contributed by atoms with Gasteiger partial charge < -0.3 is 9.72 Å². The summed E-state index contributed by atoms with van der Waals surface area (Å²) in [4.78, 5) is 27.8. The fraction of sp³-hybridized carbons (Fsp3) is 0.111. The van der Waals surface area contributed by atoms with E-state index >= 15 is 0 Å². The van der Waals surface area contributed by atoms with E-state index in [0.29, 0.717) is 5.52 Å². The maximum absolute atomic E-state index is 11.2. The lowest BCUT2D eigenvalue weighted by Crippen LogP contribution is -2.01. The van der Waals surface area contributed by atoms with Gasteiger partial charge in [-0.3, -0.25) is 10.1 Å². The van der Waals surface area contributed by atoms with Crippen LogP contribution in [-0.2, 0) is 4.74 Å². The second-order valence-corrected chi connectivity index (χ2v) is 3.04. The zero-order valence-corrected chi connectivity index (χ0v) is 8.26. The van der Waals surface area contributed by atoms with E-state index in [9.17, 15) is 14.9 Å². The summed E-state index contributed by atoms with van der Waals surface area (Å²) in [5, 5.41) is 10.6. The Hall–Kier alpha value is -2.44. The number of H-pyrrole nitrogens is 1. The number of aromatic amines is 1. The van der Waals surface area contributed by atoms with Gasteiger partial charge in [-0.15, -0.1) is 0 Å². The maximum Gasteiger partial charge on any atom is 0.339 e. The van der Waals surface area contributed by atoms with E-state index in [0.717, 1.165) is 0 Å². The van der Waals surface area contributed by atoms with Crippen LogP contribution in [0.25, 0.3) is 11.0 Å². The van der Waals surface area contributed by atoms with E-state index in [1.807, 2.05) is 0 Å². The number of ether oxygens (including phenoxy) is 1. The van der Waals surface area contributed by atoms with Crippen molar-refractivity contribution >= 4 is 22.7 Å². The summed E-state index contributed by atoms with van der Waals surface area (Å²) in [6, 6.07) is 1.46. The number of methoxy groups -OCH3 is 1. The minimum absolute atomic E-state index is 0.119. The smallest absolute Gasteiger partial charge is 0.339 e. The van der Waals surface area contributed by atoms with Crippen LogP contribution in [0.3, 0.4) is 0 Å². The van der Waals surface area contributed by atoms with Crippen LogP contribution in [0.5, 0.6) is 0 Å². The lowest BCUT2D eigenvalue weighted by atomic mass is 10.2. The number of nitrogens with one attached hydrogen (secondary N) is 1. The SMILES string of the molecule is COC(=O)c1cnc2c([N+](=O)[O-])c[nH]c2c1. The first kappa shape index (κ1) is 10.1. The van der Waals surface area contributed by atoms with Crippen molar-refractivity contribution in [3.05, 3.63) is 34.1 Å². The maximum atomic E-state index is 11.2. The molecule has 2 rings (SSSR count). The van der Waals surface area contributed by atoms with Gasteiger partial charge >= 0.3 is 11.7 Å².